The minimum absolute atomic E-state index is 0.00711. The van der Waals surface area contributed by atoms with Crippen molar-refractivity contribution in [3.05, 3.63) is 63.6 Å². The molecule has 4 rings (SSSR count). The van der Waals surface area contributed by atoms with Gasteiger partial charge in [-0.15, -0.1) is 0 Å². The molecule has 2 N–H and O–H groups in total. The third-order valence-corrected chi connectivity index (χ3v) is 6.92. The molecule has 4 amide bonds. The third kappa shape index (κ3) is 4.46. The van der Waals surface area contributed by atoms with Crippen molar-refractivity contribution in [2.45, 2.75) is 11.5 Å². The van der Waals surface area contributed by atoms with Crippen molar-refractivity contribution < 1.29 is 19.5 Å². The Kier molecular flexibility index (Phi) is 7.01. The van der Waals surface area contributed by atoms with E-state index in [1.807, 2.05) is 4.90 Å². The van der Waals surface area contributed by atoms with Crippen LogP contribution in [-0.2, 0) is 9.59 Å². The Morgan fingerprint density at radius 1 is 1.20 bits per heavy atom. The molecule has 2 atom stereocenters. The van der Waals surface area contributed by atoms with Crippen LogP contribution in [0.15, 0.2) is 42.5 Å². The number of likely N-dealkylation sites (tertiary alicyclic amines) is 1. The van der Waals surface area contributed by atoms with Crippen molar-refractivity contribution in [2.75, 3.05) is 44.7 Å². The minimum Gasteiger partial charge on any atom is -0.395 e. The number of nitriles is 1. The van der Waals surface area contributed by atoms with E-state index >= 15 is 0 Å². The molecule has 0 aromatic heterocycles. The zero-order chi connectivity index (χ0) is 25.3. The number of likely N-dealkylation sites (N-methyl/N-ethyl adjacent to an activating group) is 1. The second-order valence-corrected chi connectivity index (χ2v) is 9.44. The molecule has 2 fully saturated rings. The second kappa shape index (κ2) is 9.84. The van der Waals surface area contributed by atoms with Gasteiger partial charge in [-0.05, 0) is 35.9 Å². The molecule has 0 radical (unpaired) electrons. The summed E-state index contributed by atoms with van der Waals surface area (Å²) >= 11 is 12.3. The molecule has 182 valence electrons. The van der Waals surface area contributed by atoms with Crippen LogP contribution in [0.4, 0.5) is 10.5 Å². The number of urea groups is 1. The van der Waals surface area contributed by atoms with E-state index in [-0.39, 0.29) is 47.9 Å². The lowest BCUT2D eigenvalue weighted by molar-refractivity contribution is -0.126. The standard InChI is InChI=1S/C24H23Cl2N5O4/c1-29-23(35)31(19-9-17(25)8-18(26)10-19)22(34)24(29)14-30(13-21(33)28-6-7-32)12-20(24)16-4-2-15(11-27)3-5-16/h2-5,8-10,20,32H,6-7,12-14H2,1H3,(H,28,33)/t20-,24+/m0/s1. The molecule has 1 spiro atoms. The predicted molar refractivity (Wildman–Crippen MR) is 130 cm³/mol. The topological polar surface area (TPSA) is 117 Å². The highest BCUT2D eigenvalue weighted by Crippen LogP contribution is 2.46. The van der Waals surface area contributed by atoms with Gasteiger partial charge in [-0.3, -0.25) is 14.5 Å². The van der Waals surface area contributed by atoms with E-state index in [0.29, 0.717) is 12.1 Å². The number of benzene rings is 2. The largest absolute Gasteiger partial charge is 0.395 e. The van der Waals surface area contributed by atoms with Crippen LogP contribution in [0.2, 0.25) is 10.0 Å². The zero-order valence-corrected chi connectivity index (χ0v) is 20.4. The first kappa shape index (κ1) is 24.9. The summed E-state index contributed by atoms with van der Waals surface area (Å²) in [6.45, 7) is 0.378. The predicted octanol–water partition coefficient (Wildman–Crippen LogP) is 2.21. The summed E-state index contributed by atoms with van der Waals surface area (Å²) in [6.07, 6.45) is 0. The number of carbonyl (C=O) groups is 3. The first-order valence-electron chi connectivity index (χ1n) is 10.9. The maximum Gasteiger partial charge on any atom is 0.332 e. The van der Waals surface area contributed by atoms with Gasteiger partial charge in [0.15, 0.2) is 0 Å². The fourth-order valence-electron chi connectivity index (χ4n) is 4.87. The number of hydrogen-bond donors (Lipinski definition) is 2. The Morgan fingerprint density at radius 2 is 1.86 bits per heavy atom. The molecule has 2 aromatic rings. The Labute approximate surface area is 212 Å². The van der Waals surface area contributed by atoms with Crippen molar-refractivity contribution >= 4 is 46.7 Å². The minimum atomic E-state index is -1.29. The summed E-state index contributed by atoms with van der Waals surface area (Å²) in [5.74, 6) is -1.22. The number of nitrogens with one attached hydrogen (secondary N) is 1. The summed E-state index contributed by atoms with van der Waals surface area (Å²) in [5.41, 5.74) is 0.204. The van der Waals surface area contributed by atoms with E-state index < -0.39 is 23.4 Å². The summed E-state index contributed by atoms with van der Waals surface area (Å²) in [5, 5.41) is 21.4. The molecule has 0 unspecified atom stereocenters. The lowest BCUT2D eigenvalue weighted by Gasteiger charge is -2.34. The highest BCUT2D eigenvalue weighted by atomic mass is 35.5. The van der Waals surface area contributed by atoms with Crippen molar-refractivity contribution in [2.24, 2.45) is 0 Å². The van der Waals surface area contributed by atoms with Crippen molar-refractivity contribution in [1.82, 2.24) is 15.1 Å². The molecule has 0 saturated carbocycles. The van der Waals surface area contributed by atoms with Crippen LogP contribution in [0.25, 0.3) is 0 Å². The van der Waals surface area contributed by atoms with Gasteiger partial charge < -0.3 is 15.3 Å². The lowest BCUT2D eigenvalue weighted by atomic mass is 9.80. The molecule has 35 heavy (non-hydrogen) atoms. The van der Waals surface area contributed by atoms with Crippen LogP contribution in [0, 0.1) is 11.3 Å². The van der Waals surface area contributed by atoms with Crippen LogP contribution in [0.3, 0.4) is 0 Å². The van der Waals surface area contributed by atoms with Crippen molar-refractivity contribution in [3.63, 3.8) is 0 Å². The van der Waals surface area contributed by atoms with E-state index in [0.717, 1.165) is 10.5 Å². The van der Waals surface area contributed by atoms with Crippen LogP contribution in [0.1, 0.15) is 17.0 Å². The normalized spacial score (nSPS) is 22.2. The second-order valence-electron chi connectivity index (χ2n) is 8.56. The summed E-state index contributed by atoms with van der Waals surface area (Å²) in [7, 11) is 1.57. The molecule has 2 saturated heterocycles. The average molecular weight is 516 g/mol. The van der Waals surface area contributed by atoms with Crippen molar-refractivity contribution in [1.29, 1.82) is 5.26 Å². The van der Waals surface area contributed by atoms with E-state index in [1.165, 1.54) is 23.1 Å². The number of hydrogen-bond acceptors (Lipinski definition) is 6. The third-order valence-electron chi connectivity index (χ3n) is 6.48. The zero-order valence-electron chi connectivity index (χ0n) is 18.9. The number of halogens is 2. The maximum absolute atomic E-state index is 14.0. The molecule has 0 aliphatic carbocycles. The first-order chi connectivity index (χ1) is 16.7. The number of imide groups is 1. The molecule has 11 heteroatoms. The lowest BCUT2D eigenvalue weighted by Crippen LogP contribution is -2.54. The quantitative estimate of drug-likeness (QED) is 0.569. The Hall–Kier alpha value is -3.16. The molecule has 2 aromatic carbocycles. The molecule has 9 nitrogen and oxygen atoms in total. The molecular formula is C24H23Cl2N5O4. The number of amides is 4. The van der Waals surface area contributed by atoms with E-state index in [2.05, 4.69) is 11.4 Å². The highest BCUT2D eigenvalue weighted by Gasteiger charge is 2.64. The number of rotatable bonds is 6. The average Bonchev–Trinajstić information content (AvgIpc) is 3.29. The molecule has 2 aliphatic heterocycles. The molecular weight excluding hydrogens is 493 g/mol. The van der Waals surface area contributed by atoms with Gasteiger partial charge in [-0.2, -0.15) is 5.26 Å². The summed E-state index contributed by atoms with van der Waals surface area (Å²) in [4.78, 5) is 44.1. The van der Waals surface area contributed by atoms with Gasteiger partial charge in [-0.1, -0.05) is 35.3 Å². The van der Waals surface area contributed by atoms with E-state index in [9.17, 15) is 19.6 Å². The van der Waals surface area contributed by atoms with Crippen LogP contribution in [0.5, 0.6) is 0 Å². The maximum atomic E-state index is 14.0. The number of nitrogens with zero attached hydrogens (tertiary/aromatic N) is 4. The first-order valence-corrected chi connectivity index (χ1v) is 11.6. The number of aliphatic hydroxyl groups excluding tert-OH is 1. The summed E-state index contributed by atoms with van der Waals surface area (Å²) in [6, 6.07) is 12.9. The fourth-order valence-corrected chi connectivity index (χ4v) is 5.38. The van der Waals surface area contributed by atoms with Crippen LogP contribution >= 0.6 is 23.2 Å². The van der Waals surface area contributed by atoms with Gasteiger partial charge in [0.05, 0.1) is 30.5 Å². The smallest absolute Gasteiger partial charge is 0.332 e. The van der Waals surface area contributed by atoms with Crippen LogP contribution < -0.4 is 10.2 Å². The van der Waals surface area contributed by atoms with E-state index in [1.54, 1.807) is 31.3 Å². The van der Waals surface area contributed by atoms with Gasteiger partial charge in [0.1, 0.15) is 5.54 Å². The van der Waals surface area contributed by atoms with Gasteiger partial charge >= 0.3 is 6.03 Å². The fraction of sp³-hybridized carbons (Fsp3) is 0.333. The van der Waals surface area contributed by atoms with Crippen LogP contribution in [-0.4, -0.2) is 78.1 Å². The molecule has 2 heterocycles. The van der Waals surface area contributed by atoms with Gasteiger partial charge in [0, 0.05) is 42.6 Å². The Bertz CT molecular complexity index is 1200. The van der Waals surface area contributed by atoms with Gasteiger partial charge in [-0.25, -0.2) is 9.69 Å². The number of aliphatic hydroxyl groups is 1. The SMILES string of the molecule is CN1C(=O)N(c2cc(Cl)cc(Cl)c2)C(=O)[C@]12CN(CC(=O)NCCO)C[C@H]2c1ccc(C#N)cc1. The van der Waals surface area contributed by atoms with Gasteiger partial charge in [0.2, 0.25) is 5.91 Å². The summed E-state index contributed by atoms with van der Waals surface area (Å²) < 4.78 is 0. The number of carbonyl (C=O) groups excluding carboxylic acids is 3. The highest BCUT2D eigenvalue weighted by molar-refractivity contribution is 6.35. The number of anilines is 1. The molecule has 0 bridgehead atoms. The Balaban J connectivity index is 1.75. The monoisotopic (exact) mass is 515 g/mol. The van der Waals surface area contributed by atoms with Crippen molar-refractivity contribution in [3.8, 4) is 6.07 Å². The Morgan fingerprint density at radius 3 is 2.46 bits per heavy atom. The molecule has 2 aliphatic rings. The van der Waals surface area contributed by atoms with E-state index in [4.69, 9.17) is 28.3 Å². The van der Waals surface area contributed by atoms with Gasteiger partial charge in [0.25, 0.3) is 5.91 Å².